The molecule has 0 aliphatic carbocycles. The average molecular weight is 466 g/mol. The number of nitrogens with two attached hydrogens (primary N) is 1. The molecule has 4 N–H and O–H groups in total. The first-order valence-corrected chi connectivity index (χ1v) is 11.2. The summed E-state index contributed by atoms with van der Waals surface area (Å²) >= 11 is 0. The highest BCUT2D eigenvalue weighted by Gasteiger charge is 2.25. The Morgan fingerprint density at radius 2 is 1.64 bits per heavy atom. The lowest BCUT2D eigenvalue weighted by Gasteiger charge is -2.19. The molecular weight excluding hydrogens is 430 g/mol. The summed E-state index contributed by atoms with van der Waals surface area (Å²) in [5.74, 6) is -1.59. The second kappa shape index (κ2) is 16.5. The van der Waals surface area contributed by atoms with Crippen molar-refractivity contribution in [1.29, 1.82) is 0 Å². The Kier molecular flexibility index (Phi) is 13.9. The van der Waals surface area contributed by atoms with Crippen LogP contribution in [0.2, 0.25) is 0 Å². The number of esters is 2. The minimum Gasteiger partial charge on any atom is -0.466 e. The maximum atomic E-state index is 12.4. The van der Waals surface area contributed by atoms with Gasteiger partial charge in [0.1, 0.15) is 12.6 Å². The minimum absolute atomic E-state index is 0.0289. The zero-order valence-electron chi connectivity index (χ0n) is 19.3. The largest absolute Gasteiger partial charge is 0.466 e. The van der Waals surface area contributed by atoms with Gasteiger partial charge in [0.25, 0.3) is 0 Å². The molecular formula is C23H35N3O7. The summed E-state index contributed by atoms with van der Waals surface area (Å²) in [7, 11) is 0. The molecule has 0 aliphatic rings. The van der Waals surface area contributed by atoms with Crippen molar-refractivity contribution >= 4 is 23.9 Å². The van der Waals surface area contributed by atoms with Crippen molar-refractivity contribution in [2.75, 3.05) is 19.8 Å². The first-order valence-electron chi connectivity index (χ1n) is 11.2. The number of rotatable bonds is 15. The van der Waals surface area contributed by atoms with E-state index in [0.717, 1.165) is 5.56 Å². The molecule has 2 atom stereocenters. The second-order valence-electron chi connectivity index (χ2n) is 7.25. The molecule has 0 bridgehead atoms. The van der Waals surface area contributed by atoms with Crippen LogP contribution in [0.5, 0.6) is 0 Å². The SMILES string of the molecule is CCOC(=O)CC[C@H](NC(=O)[C@@H](N)CCCCNC(=O)OCc1ccccc1)C(=O)OCC. The lowest BCUT2D eigenvalue weighted by molar-refractivity contribution is -0.149. The molecule has 0 aromatic heterocycles. The molecule has 1 aromatic rings. The molecule has 0 heterocycles. The fraction of sp³-hybridized carbons (Fsp3) is 0.565. The Bertz CT molecular complexity index is 743. The molecule has 33 heavy (non-hydrogen) atoms. The van der Waals surface area contributed by atoms with E-state index in [0.29, 0.717) is 25.8 Å². The van der Waals surface area contributed by atoms with Crippen molar-refractivity contribution in [3.63, 3.8) is 0 Å². The zero-order valence-corrected chi connectivity index (χ0v) is 19.3. The van der Waals surface area contributed by atoms with Crippen LogP contribution in [0.3, 0.4) is 0 Å². The van der Waals surface area contributed by atoms with Gasteiger partial charge in [0.05, 0.1) is 19.3 Å². The molecule has 10 nitrogen and oxygen atoms in total. The van der Waals surface area contributed by atoms with Crippen LogP contribution in [-0.2, 0) is 35.2 Å². The molecule has 0 saturated carbocycles. The monoisotopic (exact) mass is 465 g/mol. The highest BCUT2D eigenvalue weighted by atomic mass is 16.5. The third-order valence-corrected chi connectivity index (χ3v) is 4.59. The van der Waals surface area contributed by atoms with Crippen molar-refractivity contribution in [3.8, 4) is 0 Å². The summed E-state index contributed by atoms with van der Waals surface area (Å²) in [6.45, 7) is 4.30. The van der Waals surface area contributed by atoms with Crippen molar-refractivity contribution in [2.45, 2.75) is 64.6 Å². The molecule has 1 rings (SSSR count). The molecule has 10 heteroatoms. The number of alkyl carbamates (subject to hydrolysis) is 1. The summed E-state index contributed by atoms with van der Waals surface area (Å²) in [5, 5.41) is 5.20. The van der Waals surface area contributed by atoms with Crippen LogP contribution in [0.4, 0.5) is 4.79 Å². The van der Waals surface area contributed by atoms with Gasteiger partial charge in [0.15, 0.2) is 0 Å². The lowest BCUT2D eigenvalue weighted by atomic mass is 10.1. The van der Waals surface area contributed by atoms with Gasteiger partial charge in [0, 0.05) is 13.0 Å². The third-order valence-electron chi connectivity index (χ3n) is 4.59. The third kappa shape index (κ3) is 12.5. The normalized spacial score (nSPS) is 12.2. The summed E-state index contributed by atoms with van der Waals surface area (Å²) in [6, 6.07) is 7.53. The number of hydrogen-bond donors (Lipinski definition) is 3. The lowest BCUT2D eigenvalue weighted by Crippen LogP contribution is -2.49. The highest BCUT2D eigenvalue weighted by Crippen LogP contribution is 2.05. The first-order chi connectivity index (χ1) is 15.9. The van der Waals surface area contributed by atoms with Gasteiger partial charge in [-0.3, -0.25) is 9.59 Å². The summed E-state index contributed by atoms with van der Waals surface area (Å²) < 4.78 is 14.9. The summed E-state index contributed by atoms with van der Waals surface area (Å²) in [4.78, 5) is 47.7. The van der Waals surface area contributed by atoms with Gasteiger partial charge in [0.2, 0.25) is 5.91 Å². The van der Waals surface area contributed by atoms with Gasteiger partial charge < -0.3 is 30.6 Å². The molecule has 2 amide bonds. The van der Waals surface area contributed by atoms with Gasteiger partial charge in [-0.05, 0) is 45.1 Å². The van der Waals surface area contributed by atoms with Crippen molar-refractivity contribution < 1.29 is 33.4 Å². The maximum Gasteiger partial charge on any atom is 0.407 e. The van der Waals surface area contributed by atoms with Crippen LogP contribution in [0.15, 0.2) is 30.3 Å². The molecule has 0 saturated heterocycles. The standard InChI is InChI=1S/C23H35N3O7/c1-3-31-20(27)14-13-19(22(29)32-4-2)26-21(28)18(24)12-8-9-15-25-23(30)33-16-17-10-6-5-7-11-17/h5-7,10-11,18-19H,3-4,8-9,12-16,24H2,1-2H3,(H,25,30)(H,26,28)/t18-,19-/m0/s1. The van der Waals surface area contributed by atoms with Crippen LogP contribution in [-0.4, -0.2) is 55.8 Å². The number of carbonyl (C=O) groups is 4. The smallest absolute Gasteiger partial charge is 0.407 e. The molecule has 0 radical (unpaired) electrons. The van der Waals surface area contributed by atoms with Crippen molar-refractivity contribution in [2.24, 2.45) is 5.73 Å². The molecule has 1 aromatic carbocycles. The van der Waals surface area contributed by atoms with E-state index in [9.17, 15) is 19.2 Å². The second-order valence-corrected chi connectivity index (χ2v) is 7.25. The van der Waals surface area contributed by atoms with Gasteiger partial charge in [-0.2, -0.15) is 0 Å². The van der Waals surface area contributed by atoms with E-state index in [1.165, 1.54) is 0 Å². The Balaban J connectivity index is 2.30. The number of nitrogens with one attached hydrogen (secondary N) is 2. The van der Waals surface area contributed by atoms with Gasteiger partial charge >= 0.3 is 18.0 Å². The number of benzene rings is 1. The Hall–Kier alpha value is -3.14. The van der Waals surface area contributed by atoms with Gasteiger partial charge in [-0.25, -0.2) is 9.59 Å². The van der Waals surface area contributed by atoms with Crippen molar-refractivity contribution in [1.82, 2.24) is 10.6 Å². The highest BCUT2D eigenvalue weighted by molar-refractivity contribution is 5.87. The molecule has 184 valence electrons. The van der Waals surface area contributed by atoms with Crippen LogP contribution in [0.25, 0.3) is 0 Å². The minimum atomic E-state index is -0.978. The molecule has 0 fully saturated rings. The van der Waals surface area contributed by atoms with E-state index in [2.05, 4.69) is 10.6 Å². The number of unbranched alkanes of at least 4 members (excludes halogenated alkanes) is 1. The molecule has 0 unspecified atom stereocenters. The Morgan fingerprint density at radius 3 is 2.30 bits per heavy atom. The van der Waals surface area contributed by atoms with Crippen LogP contribution in [0, 0.1) is 0 Å². The van der Waals surface area contributed by atoms with E-state index in [-0.39, 0.29) is 32.7 Å². The van der Waals surface area contributed by atoms with E-state index in [4.69, 9.17) is 19.9 Å². The van der Waals surface area contributed by atoms with E-state index in [1.807, 2.05) is 30.3 Å². The van der Waals surface area contributed by atoms with Gasteiger partial charge in [-0.1, -0.05) is 30.3 Å². The Labute approximate surface area is 194 Å². The molecule has 0 spiro atoms. The summed E-state index contributed by atoms with van der Waals surface area (Å²) in [6.07, 6.45) is 1.07. The maximum absolute atomic E-state index is 12.4. The van der Waals surface area contributed by atoms with Crippen LogP contribution < -0.4 is 16.4 Å². The summed E-state index contributed by atoms with van der Waals surface area (Å²) in [5.41, 5.74) is 6.83. The molecule has 0 aliphatic heterocycles. The van der Waals surface area contributed by atoms with Crippen LogP contribution >= 0.6 is 0 Å². The predicted molar refractivity (Wildman–Crippen MR) is 121 cm³/mol. The number of amides is 2. The van der Waals surface area contributed by atoms with Crippen LogP contribution in [0.1, 0.15) is 51.5 Å². The quantitative estimate of drug-likeness (QED) is 0.202. The number of carbonyl (C=O) groups excluding carboxylic acids is 4. The van der Waals surface area contributed by atoms with E-state index >= 15 is 0 Å². The van der Waals surface area contributed by atoms with Crippen molar-refractivity contribution in [3.05, 3.63) is 35.9 Å². The fourth-order valence-corrected chi connectivity index (χ4v) is 2.85. The predicted octanol–water partition coefficient (Wildman–Crippen LogP) is 1.80. The fourth-order valence-electron chi connectivity index (χ4n) is 2.85. The number of ether oxygens (including phenoxy) is 3. The zero-order chi connectivity index (χ0) is 24.5. The van der Waals surface area contributed by atoms with E-state index < -0.39 is 36.0 Å². The number of hydrogen-bond acceptors (Lipinski definition) is 8. The Morgan fingerprint density at radius 1 is 0.939 bits per heavy atom. The first kappa shape index (κ1) is 27.9. The average Bonchev–Trinajstić information content (AvgIpc) is 2.80. The topological polar surface area (TPSA) is 146 Å². The van der Waals surface area contributed by atoms with Gasteiger partial charge in [-0.15, -0.1) is 0 Å². The van der Waals surface area contributed by atoms with E-state index in [1.54, 1.807) is 13.8 Å².